The first-order valence-corrected chi connectivity index (χ1v) is 6.18. The number of rotatable bonds is 5. The van der Waals surface area contributed by atoms with E-state index in [0.29, 0.717) is 0 Å². The second kappa shape index (κ2) is 5.53. The molecule has 1 heterocycles. The van der Waals surface area contributed by atoms with Gasteiger partial charge in [-0.25, -0.2) is 0 Å². The number of nitrogens with zero attached hydrogens (tertiary/aromatic N) is 2. The molecule has 17 heavy (non-hydrogen) atoms. The Balaban J connectivity index is 2.07. The van der Waals surface area contributed by atoms with E-state index in [1.807, 2.05) is 29.1 Å². The van der Waals surface area contributed by atoms with E-state index in [2.05, 4.69) is 24.3 Å². The van der Waals surface area contributed by atoms with E-state index >= 15 is 0 Å². The molecule has 2 N–H and O–H groups in total. The summed E-state index contributed by atoms with van der Waals surface area (Å²) in [5.41, 5.74) is 8.83. The molecule has 0 atom stereocenters. The lowest BCUT2D eigenvalue weighted by molar-refractivity contribution is 0.553. The number of nitrogen functional groups attached to an aromatic ring is 1. The standard InChI is InChI=1S/C14H19N3/c1-2-3-4-8-17-11-13(10-16-17)12-6-5-7-14(15)9-12/h5-7,9-11H,2-4,8,15H2,1H3. The van der Waals surface area contributed by atoms with E-state index in [1.165, 1.54) is 19.3 Å². The molecule has 90 valence electrons. The second-order valence-electron chi connectivity index (χ2n) is 4.32. The fraction of sp³-hybridized carbons (Fsp3) is 0.357. The first-order valence-electron chi connectivity index (χ1n) is 6.18. The lowest BCUT2D eigenvalue weighted by Gasteiger charge is -2.00. The first-order chi connectivity index (χ1) is 8.29. The molecule has 2 aromatic rings. The van der Waals surface area contributed by atoms with Crippen LogP contribution in [0.5, 0.6) is 0 Å². The minimum atomic E-state index is 0.793. The third-order valence-electron chi connectivity index (χ3n) is 2.84. The van der Waals surface area contributed by atoms with Crippen LogP contribution in [-0.4, -0.2) is 9.78 Å². The number of unbranched alkanes of at least 4 members (excludes halogenated alkanes) is 2. The fourth-order valence-electron chi connectivity index (χ4n) is 1.88. The minimum Gasteiger partial charge on any atom is -0.399 e. The summed E-state index contributed by atoms with van der Waals surface area (Å²) < 4.78 is 2.01. The van der Waals surface area contributed by atoms with Gasteiger partial charge in [-0.3, -0.25) is 4.68 Å². The van der Waals surface area contributed by atoms with Crippen LogP contribution in [0.4, 0.5) is 5.69 Å². The molecule has 0 saturated carbocycles. The summed E-state index contributed by atoms with van der Waals surface area (Å²) in [7, 11) is 0. The van der Waals surface area contributed by atoms with Crippen molar-refractivity contribution in [2.45, 2.75) is 32.7 Å². The highest BCUT2D eigenvalue weighted by molar-refractivity contribution is 5.65. The number of aromatic nitrogens is 2. The zero-order valence-corrected chi connectivity index (χ0v) is 10.3. The van der Waals surface area contributed by atoms with Gasteiger partial charge in [-0.15, -0.1) is 0 Å². The topological polar surface area (TPSA) is 43.8 Å². The highest BCUT2D eigenvalue weighted by atomic mass is 15.3. The van der Waals surface area contributed by atoms with Gasteiger partial charge in [-0.2, -0.15) is 5.10 Å². The number of benzene rings is 1. The average molecular weight is 229 g/mol. The van der Waals surface area contributed by atoms with Crippen molar-refractivity contribution in [1.82, 2.24) is 9.78 Å². The van der Waals surface area contributed by atoms with Crippen molar-refractivity contribution in [3.05, 3.63) is 36.7 Å². The lowest BCUT2D eigenvalue weighted by Crippen LogP contribution is -1.97. The molecule has 0 amide bonds. The quantitative estimate of drug-likeness (QED) is 0.631. The van der Waals surface area contributed by atoms with Gasteiger partial charge in [0.2, 0.25) is 0 Å². The molecule has 0 saturated heterocycles. The maximum atomic E-state index is 5.77. The van der Waals surface area contributed by atoms with Crippen LogP contribution >= 0.6 is 0 Å². The molecule has 1 aromatic heterocycles. The summed E-state index contributed by atoms with van der Waals surface area (Å²) in [5, 5.41) is 4.37. The van der Waals surface area contributed by atoms with Gasteiger partial charge in [0.15, 0.2) is 0 Å². The van der Waals surface area contributed by atoms with E-state index in [-0.39, 0.29) is 0 Å². The highest BCUT2D eigenvalue weighted by Gasteiger charge is 2.01. The largest absolute Gasteiger partial charge is 0.399 e. The van der Waals surface area contributed by atoms with Crippen molar-refractivity contribution >= 4 is 5.69 Å². The Bertz CT molecular complexity index is 474. The van der Waals surface area contributed by atoms with Gasteiger partial charge in [0.1, 0.15) is 0 Å². The summed E-state index contributed by atoms with van der Waals surface area (Å²) in [6.45, 7) is 3.21. The fourth-order valence-corrected chi connectivity index (χ4v) is 1.88. The Morgan fingerprint density at radius 2 is 2.12 bits per heavy atom. The van der Waals surface area contributed by atoms with Crippen molar-refractivity contribution in [3.63, 3.8) is 0 Å². The van der Waals surface area contributed by atoms with E-state index in [9.17, 15) is 0 Å². The van der Waals surface area contributed by atoms with Gasteiger partial charge in [-0.05, 0) is 24.1 Å². The van der Waals surface area contributed by atoms with Crippen LogP contribution in [0.2, 0.25) is 0 Å². The van der Waals surface area contributed by atoms with Gasteiger partial charge in [-0.1, -0.05) is 31.9 Å². The van der Waals surface area contributed by atoms with Crippen LogP contribution in [0.3, 0.4) is 0 Å². The third kappa shape index (κ3) is 3.09. The molecular formula is C14H19N3. The van der Waals surface area contributed by atoms with E-state index in [0.717, 1.165) is 23.4 Å². The maximum Gasteiger partial charge on any atom is 0.0568 e. The zero-order chi connectivity index (χ0) is 12.1. The van der Waals surface area contributed by atoms with Gasteiger partial charge < -0.3 is 5.73 Å². The van der Waals surface area contributed by atoms with E-state index < -0.39 is 0 Å². The number of nitrogens with two attached hydrogens (primary N) is 1. The predicted molar refractivity (Wildman–Crippen MR) is 71.6 cm³/mol. The number of hydrogen-bond acceptors (Lipinski definition) is 2. The lowest BCUT2D eigenvalue weighted by atomic mass is 10.1. The number of aryl methyl sites for hydroxylation is 1. The summed E-state index contributed by atoms with van der Waals surface area (Å²) in [6.07, 6.45) is 7.68. The van der Waals surface area contributed by atoms with Gasteiger partial charge in [0.25, 0.3) is 0 Å². The third-order valence-corrected chi connectivity index (χ3v) is 2.84. The monoisotopic (exact) mass is 229 g/mol. The summed E-state index contributed by atoms with van der Waals surface area (Å²) in [5.74, 6) is 0. The Labute approximate surface area is 102 Å². The molecule has 2 rings (SSSR count). The van der Waals surface area contributed by atoms with Crippen molar-refractivity contribution in [2.24, 2.45) is 0 Å². The molecule has 3 heteroatoms. The molecule has 0 aliphatic rings. The van der Waals surface area contributed by atoms with E-state index in [1.54, 1.807) is 0 Å². The minimum absolute atomic E-state index is 0.793. The SMILES string of the molecule is CCCCCn1cc(-c2cccc(N)c2)cn1. The molecule has 0 bridgehead atoms. The molecular weight excluding hydrogens is 210 g/mol. The Morgan fingerprint density at radius 3 is 2.88 bits per heavy atom. The molecule has 0 fully saturated rings. The summed E-state index contributed by atoms with van der Waals surface area (Å²) in [6, 6.07) is 7.91. The molecule has 3 nitrogen and oxygen atoms in total. The molecule has 0 radical (unpaired) electrons. The van der Waals surface area contributed by atoms with Crippen molar-refractivity contribution < 1.29 is 0 Å². The summed E-state index contributed by atoms with van der Waals surface area (Å²) >= 11 is 0. The number of hydrogen-bond donors (Lipinski definition) is 1. The Kier molecular flexibility index (Phi) is 3.81. The first kappa shape index (κ1) is 11.7. The zero-order valence-electron chi connectivity index (χ0n) is 10.3. The van der Waals surface area contributed by atoms with E-state index in [4.69, 9.17) is 5.73 Å². The Hall–Kier alpha value is -1.77. The summed E-state index contributed by atoms with van der Waals surface area (Å²) in [4.78, 5) is 0. The van der Waals surface area contributed by atoms with Crippen LogP contribution in [0.15, 0.2) is 36.7 Å². The Morgan fingerprint density at radius 1 is 1.24 bits per heavy atom. The van der Waals surface area contributed by atoms with Gasteiger partial charge in [0.05, 0.1) is 6.20 Å². The van der Waals surface area contributed by atoms with Gasteiger partial charge >= 0.3 is 0 Å². The number of anilines is 1. The van der Waals surface area contributed by atoms with Crippen molar-refractivity contribution in [2.75, 3.05) is 5.73 Å². The van der Waals surface area contributed by atoms with Crippen LogP contribution < -0.4 is 5.73 Å². The average Bonchev–Trinajstić information content (AvgIpc) is 2.78. The van der Waals surface area contributed by atoms with Crippen LogP contribution in [0.1, 0.15) is 26.2 Å². The predicted octanol–water partition coefficient (Wildman–Crippen LogP) is 3.32. The van der Waals surface area contributed by atoms with Crippen molar-refractivity contribution in [3.8, 4) is 11.1 Å². The molecule has 0 aliphatic carbocycles. The second-order valence-corrected chi connectivity index (χ2v) is 4.32. The highest BCUT2D eigenvalue weighted by Crippen LogP contribution is 2.20. The molecule has 1 aromatic carbocycles. The molecule has 0 unspecified atom stereocenters. The molecule has 0 spiro atoms. The van der Waals surface area contributed by atoms with Crippen LogP contribution in [0.25, 0.3) is 11.1 Å². The molecule has 0 aliphatic heterocycles. The van der Waals surface area contributed by atoms with Gasteiger partial charge in [0, 0.05) is 24.0 Å². The smallest absolute Gasteiger partial charge is 0.0568 e. The van der Waals surface area contributed by atoms with Crippen LogP contribution in [-0.2, 0) is 6.54 Å². The van der Waals surface area contributed by atoms with Crippen molar-refractivity contribution in [1.29, 1.82) is 0 Å². The maximum absolute atomic E-state index is 5.77. The normalized spacial score (nSPS) is 10.6. The van der Waals surface area contributed by atoms with Crippen LogP contribution in [0, 0.1) is 0 Å².